The zero-order valence-corrected chi connectivity index (χ0v) is 32.3. The summed E-state index contributed by atoms with van der Waals surface area (Å²) in [5, 5.41) is 5.39. The summed E-state index contributed by atoms with van der Waals surface area (Å²) in [6, 6.07) is 17.4. The molecule has 0 bridgehead atoms. The molecule has 280 valence electrons. The monoisotopic (exact) mass is 738 g/mol. The number of carbonyl (C=O) groups is 1. The van der Waals surface area contributed by atoms with Crippen LogP contribution in [0, 0.1) is 13.8 Å². The molecule has 0 spiro atoms. The first-order chi connectivity index (χ1) is 25.4. The van der Waals surface area contributed by atoms with E-state index in [0.29, 0.717) is 23.7 Å². The lowest BCUT2D eigenvalue weighted by Crippen LogP contribution is -2.48. The molecule has 1 aromatic heterocycles. The molecule has 2 atom stereocenters. The fourth-order valence-electron chi connectivity index (χ4n) is 7.82. The third-order valence-corrected chi connectivity index (χ3v) is 12.7. The van der Waals surface area contributed by atoms with Gasteiger partial charge in [-0.3, -0.25) is 9.80 Å². The predicted molar refractivity (Wildman–Crippen MR) is 208 cm³/mol. The first kappa shape index (κ1) is 36.6. The van der Waals surface area contributed by atoms with Crippen molar-refractivity contribution in [3.05, 3.63) is 100 Å². The number of anilines is 3. The number of hydrazine groups is 2. The maximum Gasteiger partial charge on any atom is 0.254 e. The summed E-state index contributed by atoms with van der Waals surface area (Å²) in [5.41, 5.74) is 13.1. The molecule has 3 aromatic carbocycles. The first-order valence-corrected chi connectivity index (χ1v) is 20.0. The molecule has 13 heteroatoms. The first-order valence-electron chi connectivity index (χ1n) is 18.6. The van der Waals surface area contributed by atoms with Crippen LogP contribution in [0.4, 0.5) is 17.3 Å². The van der Waals surface area contributed by atoms with Crippen LogP contribution in [0.25, 0.3) is 0 Å². The summed E-state index contributed by atoms with van der Waals surface area (Å²) in [6.07, 6.45) is 5.81. The van der Waals surface area contributed by atoms with E-state index in [1.807, 2.05) is 33.8 Å². The number of aryl methyl sites for hydroxylation is 1. The van der Waals surface area contributed by atoms with Crippen LogP contribution in [0.3, 0.4) is 0 Å². The van der Waals surface area contributed by atoms with Crippen molar-refractivity contribution in [1.29, 1.82) is 0 Å². The van der Waals surface area contributed by atoms with E-state index in [1.54, 1.807) is 41.0 Å². The molecule has 0 unspecified atom stereocenters. The van der Waals surface area contributed by atoms with Gasteiger partial charge < -0.3 is 20.4 Å². The number of para-hydroxylation sites is 1. The highest BCUT2D eigenvalue weighted by molar-refractivity contribution is 7.89. The summed E-state index contributed by atoms with van der Waals surface area (Å²) in [7, 11) is -3.85. The summed E-state index contributed by atoms with van der Waals surface area (Å²) in [5.74, 6) is 0.437. The molecule has 1 fully saturated rings. The van der Waals surface area contributed by atoms with E-state index < -0.39 is 15.6 Å². The van der Waals surface area contributed by atoms with Crippen molar-refractivity contribution in [3.63, 3.8) is 0 Å². The number of hydrogen-bond acceptors (Lipinski definition) is 10. The molecule has 53 heavy (non-hydrogen) atoms. The minimum atomic E-state index is -3.85. The second-order valence-corrected chi connectivity index (χ2v) is 16.7. The maximum absolute atomic E-state index is 14.1. The van der Waals surface area contributed by atoms with E-state index in [9.17, 15) is 13.2 Å². The van der Waals surface area contributed by atoms with Crippen molar-refractivity contribution >= 4 is 33.3 Å². The molecule has 0 aliphatic carbocycles. The van der Waals surface area contributed by atoms with Gasteiger partial charge in [-0.25, -0.2) is 18.4 Å². The second kappa shape index (κ2) is 14.6. The van der Waals surface area contributed by atoms with Gasteiger partial charge in [0.05, 0.1) is 23.5 Å². The summed E-state index contributed by atoms with van der Waals surface area (Å²) in [6.45, 7) is 15.3. The molecule has 3 aliphatic heterocycles. The minimum Gasteiger partial charge on any atom is -0.488 e. The highest BCUT2D eigenvalue weighted by Gasteiger charge is 2.38. The molecule has 12 nitrogen and oxygen atoms in total. The number of rotatable bonds is 10. The number of amides is 1. The number of nitrogens with zero attached hydrogens (tertiary/aromatic N) is 5. The Balaban J connectivity index is 1.26. The van der Waals surface area contributed by atoms with Crippen molar-refractivity contribution in [3.8, 4) is 5.75 Å². The average Bonchev–Trinajstić information content (AvgIpc) is 3.82. The van der Waals surface area contributed by atoms with Gasteiger partial charge in [0.25, 0.3) is 5.91 Å². The van der Waals surface area contributed by atoms with Gasteiger partial charge in [0.2, 0.25) is 16.0 Å². The van der Waals surface area contributed by atoms with Crippen LogP contribution in [0.15, 0.2) is 71.9 Å². The Kier molecular flexibility index (Phi) is 10.1. The quantitative estimate of drug-likeness (QED) is 0.176. The van der Waals surface area contributed by atoms with Crippen LogP contribution in [0.1, 0.15) is 91.1 Å². The Morgan fingerprint density at radius 3 is 2.49 bits per heavy atom. The molecule has 4 heterocycles. The number of carbonyl (C=O) groups excluding carboxylic acids is 1. The van der Waals surface area contributed by atoms with Crippen molar-refractivity contribution in [2.24, 2.45) is 0 Å². The van der Waals surface area contributed by atoms with Gasteiger partial charge in [-0.1, -0.05) is 43.3 Å². The van der Waals surface area contributed by atoms with Crippen molar-refractivity contribution in [2.75, 3.05) is 41.5 Å². The molecule has 0 saturated carbocycles. The lowest BCUT2D eigenvalue weighted by Gasteiger charge is -2.38. The summed E-state index contributed by atoms with van der Waals surface area (Å²) >= 11 is 0. The Hall–Kier alpha value is -4.72. The number of fused-ring (bicyclic) bond motifs is 2. The van der Waals surface area contributed by atoms with E-state index in [0.717, 1.165) is 71.7 Å². The van der Waals surface area contributed by atoms with Crippen molar-refractivity contribution < 1.29 is 17.9 Å². The third-order valence-electron chi connectivity index (χ3n) is 10.8. The molecular weight excluding hydrogens is 689 g/mol. The van der Waals surface area contributed by atoms with E-state index in [2.05, 4.69) is 74.3 Å². The number of nitrogens with one attached hydrogen (secondary N) is 3. The molecule has 3 N–H and O–H groups in total. The Morgan fingerprint density at radius 2 is 1.77 bits per heavy atom. The smallest absolute Gasteiger partial charge is 0.254 e. The summed E-state index contributed by atoms with van der Waals surface area (Å²) in [4.78, 5) is 25.3. The highest BCUT2D eigenvalue weighted by atomic mass is 32.2. The lowest BCUT2D eigenvalue weighted by atomic mass is 9.74. The van der Waals surface area contributed by atoms with Gasteiger partial charge in [-0.15, -0.1) is 5.53 Å². The topological polar surface area (TPSA) is 132 Å². The molecule has 7 rings (SSSR count). The molecule has 0 radical (unpaired) electrons. The SMILES string of the molecule is CC[C@@H]1CN(Cc2cc([C@@H](c3ccc4c(c3C)NNN4CC)C(C)(C)NC(=O)c3cnc(N4CCCC4)nc3)ccc2C)S(=O)(=O)c2ccccc2O1. The van der Waals surface area contributed by atoms with E-state index in [4.69, 9.17) is 4.74 Å². The molecule has 1 amide bonds. The Bertz CT molecular complexity index is 2100. The standard InChI is InChI=1S/C40H50N8O4S/c1-7-31-25-47(53(50,51)35-14-10-9-13-34(35)52-31)24-29-21-28(16-15-26(29)3)36(32-17-18-33-37(27(32)4)44-45-48(33)8-2)40(5,6)43-38(49)30-22-41-39(42-23-30)46-19-11-12-20-46/h9-10,13-18,21-23,31,36,44-45H,7-8,11-12,19-20,24-25H2,1-6H3,(H,43,49)/t31-,36+/m1/s1. The van der Waals surface area contributed by atoms with E-state index in [-0.39, 0.29) is 35.9 Å². The molecule has 4 aromatic rings. The Labute approximate surface area is 312 Å². The lowest BCUT2D eigenvalue weighted by molar-refractivity contribution is 0.0905. The second-order valence-electron chi connectivity index (χ2n) is 14.8. The Morgan fingerprint density at radius 1 is 1.04 bits per heavy atom. The third kappa shape index (κ3) is 7.05. The van der Waals surface area contributed by atoms with Gasteiger partial charge in [-0.05, 0) is 99.9 Å². The zero-order valence-electron chi connectivity index (χ0n) is 31.4. The van der Waals surface area contributed by atoms with Crippen LogP contribution in [-0.2, 0) is 16.6 Å². The van der Waals surface area contributed by atoms with Crippen LogP contribution in [-0.4, -0.2) is 66.4 Å². The molecular formula is C40H50N8O4S. The molecule has 1 saturated heterocycles. The number of aromatic nitrogens is 2. The highest BCUT2D eigenvalue weighted by Crippen LogP contribution is 2.43. The van der Waals surface area contributed by atoms with Crippen LogP contribution < -0.4 is 30.9 Å². The van der Waals surface area contributed by atoms with Crippen LogP contribution >= 0.6 is 0 Å². The van der Waals surface area contributed by atoms with Crippen molar-refractivity contribution in [2.45, 2.75) is 89.8 Å². The van der Waals surface area contributed by atoms with Gasteiger partial charge in [0.15, 0.2) is 0 Å². The number of benzene rings is 3. The largest absolute Gasteiger partial charge is 0.488 e. The normalized spacial score (nSPS) is 18.8. The van der Waals surface area contributed by atoms with Crippen molar-refractivity contribution in [1.82, 2.24) is 25.1 Å². The van der Waals surface area contributed by atoms with Crippen LogP contribution in [0.5, 0.6) is 5.75 Å². The minimum absolute atomic E-state index is 0.177. The van der Waals surface area contributed by atoms with Gasteiger partial charge in [0, 0.05) is 50.0 Å². The van der Waals surface area contributed by atoms with E-state index in [1.165, 1.54) is 0 Å². The predicted octanol–water partition coefficient (Wildman–Crippen LogP) is 6.07. The van der Waals surface area contributed by atoms with Gasteiger partial charge in [-0.2, -0.15) is 4.31 Å². The number of ether oxygens (including phenoxy) is 1. The van der Waals surface area contributed by atoms with Gasteiger partial charge in [0.1, 0.15) is 16.7 Å². The zero-order chi connectivity index (χ0) is 37.5. The van der Waals surface area contributed by atoms with E-state index >= 15 is 0 Å². The number of sulfonamides is 1. The van der Waals surface area contributed by atoms with Crippen LogP contribution in [0.2, 0.25) is 0 Å². The number of hydrogen-bond donors (Lipinski definition) is 3. The fraction of sp³-hybridized carbons (Fsp3) is 0.425. The molecule has 3 aliphatic rings. The van der Waals surface area contributed by atoms with Gasteiger partial charge >= 0.3 is 0 Å². The maximum atomic E-state index is 14.1. The summed E-state index contributed by atoms with van der Waals surface area (Å²) < 4.78 is 36.0. The fourth-order valence-corrected chi connectivity index (χ4v) is 9.39. The average molecular weight is 739 g/mol.